The van der Waals surface area contributed by atoms with E-state index in [2.05, 4.69) is 0 Å². The van der Waals surface area contributed by atoms with Crippen molar-refractivity contribution >= 4 is 31.5 Å². The minimum atomic E-state index is -3.28. The Kier molecular flexibility index (Phi) is 8.33. The van der Waals surface area contributed by atoms with Crippen LogP contribution in [0, 0.1) is 0 Å². The molecule has 0 spiro atoms. The highest BCUT2D eigenvalue weighted by atomic mass is 32.8. The molecule has 2 rings (SSSR count). The van der Waals surface area contributed by atoms with Gasteiger partial charge in [0.15, 0.2) is 11.6 Å². The van der Waals surface area contributed by atoms with Crippen molar-refractivity contribution in [3.05, 3.63) is 59.7 Å². The Morgan fingerprint density at radius 2 is 1.43 bits per heavy atom. The predicted molar refractivity (Wildman–Crippen MR) is 115 cm³/mol. The fourth-order valence-corrected chi connectivity index (χ4v) is 4.20. The lowest BCUT2D eigenvalue weighted by molar-refractivity contribution is 0.0971. The van der Waals surface area contributed by atoms with Crippen molar-refractivity contribution in [3.8, 4) is 5.75 Å². The molecule has 28 heavy (non-hydrogen) atoms. The zero-order chi connectivity index (χ0) is 20.6. The molecule has 1 atom stereocenters. The number of ketones is 2. The number of hydrogen-bond donors (Lipinski definition) is 0. The molecule has 0 aliphatic carbocycles. The summed E-state index contributed by atoms with van der Waals surface area (Å²) in [5.74, 6) is 0.300. The normalized spacial score (nSPS) is 12.9. The molecule has 2 aromatic carbocycles. The van der Waals surface area contributed by atoms with Gasteiger partial charge in [0.05, 0.1) is 4.90 Å². The standard InChI is InChI=1S/C22H26O4S2/c1-3-5-13-21(23)17-9-7-11-19(15-17)26-28(25,27)20-12-8-10-18(16-20)22(24)14-6-4-2/h7-12,15-16H,3-6,13-14H2,1-2H3. The van der Waals surface area contributed by atoms with Crippen LogP contribution < -0.4 is 4.18 Å². The Morgan fingerprint density at radius 1 is 0.893 bits per heavy atom. The molecule has 0 N–H and O–H groups in total. The summed E-state index contributed by atoms with van der Waals surface area (Å²) in [4.78, 5) is 24.7. The van der Waals surface area contributed by atoms with Gasteiger partial charge < -0.3 is 4.18 Å². The van der Waals surface area contributed by atoms with Crippen molar-refractivity contribution in [2.45, 2.75) is 57.3 Å². The number of carbonyl (C=O) groups is 2. The van der Waals surface area contributed by atoms with Gasteiger partial charge in [-0.3, -0.25) is 9.59 Å². The summed E-state index contributed by atoms with van der Waals surface area (Å²) < 4.78 is 18.6. The monoisotopic (exact) mass is 418 g/mol. The molecule has 0 fully saturated rings. The van der Waals surface area contributed by atoms with Crippen LogP contribution in [0.1, 0.15) is 73.1 Å². The summed E-state index contributed by atoms with van der Waals surface area (Å²) in [6.45, 7) is 4.05. The summed E-state index contributed by atoms with van der Waals surface area (Å²) >= 11 is 5.21. The molecule has 1 unspecified atom stereocenters. The molecule has 2 aromatic rings. The molecule has 0 amide bonds. The number of hydrogen-bond acceptors (Lipinski definition) is 5. The van der Waals surface area contributed by atoms with Crippen molar-refractivity contribution in [3.63, 3.8) is 0 Å². The van der Waals surface area contributed by atoms with Gasteiger partial charge in [0, 0.05) is 35.2 Å². The van der Waals surface area contributed by atoms with Crippen molar-refractivity contribution in [2.24, 2.45) is 0 Å². The zero-order valence-corrected chi connectivity index (χ0v) is 17.9. The first kappa shape index (κ1) is 22.2. The number of rotatable bonds is 11. The lowest BCUT2D eigenvalue weighted by atomic mass is 10.1. The Hall–Kier alpha value is -2.05. The molecule has 0 saturated carbocycles. The highest BCUT2D eigenvalue weighted by Crippen LogP contribution is 2.22. The summed E-state index contributed by atoms with van der Waals surface area (Å²) in [5.41, 5.74) is 0.996. The predicted octanol–water partition coefficient (Wildman–Crippen LogP) is 5.53. The van der Waals surface area contributed by atoms with Crippen LogP contribution in [-0.2, 0) is 20.0 Å². The molecule has 6 heteroatoms. The minimum Gasteiger partial charge on any atom is -0.397 e. The van der Waals surface area contributed by atoms with Crippen molar-refractivity contribution in [1.29, 1.82) is 0 Å². The van der Waals surface area contributed by atoms with Crippen LogP contribution in [0.5, 0.6) is 5.75 Å². The molecule has 0 heterocycles. The van der Waals surface area contributed by atoms with E-state index in [4.69, 9.17) is 15.4 Å². The van der Waals surface area contributed by atoms with Gasteiger partial charge in [-0.15, -0.1) is 0 Å². The Bertz CT molecular complexity index is 933. The van der Waals surface area contributed by atoms with Gasteiger partial charge in [0.1, 0.15) is 5.75 Å². The van der Waals surface area contributed by atoms with Crippen molar-refractivity contribution < 1.29 is 18.0 Å². The van der Waals surface area contributed by atoms with E-state index in [0.717, 1.165) is 25.7 Å². The maximum absolute atomic E-state index is 13.0. The first-order valence-electron chi connectivity index (χ1n) is 9.58. The molecule has 0 aliphatic rings. The van der Waals surface area contributed by atoms with Gasteiger partial charge in [0.2, 0.25) is 8.77 Å². The molecule has 0 radical (unpaired) electrons. The van der Waals surface area contributed by atoms with Crippen LogP contribution in [0.25, 0.3) is 0 Å². The fraction of sp³-hybridized carbons (Fsp3) is 0.364. The number of benzene rings is 2. The van der Waals surface area contributed by atoms with Gasteiger partial charge in [-0.25, -0.2) is 4.21 Å². The van der Waals surface area contributed by atoms with E-state index >= 15 is 0 Å². The summed E-state index contributed by atoms with van der Waals surface area (Å²) in [7, 11) is -3.28. The average molecular weight is 419 g/mol. The molecular formula is C22H26O4S2. The van der Waals surface area contributed by atoms with E-state index in [0.29, 0.717) is 24.0 Å². The molecule has 0 saturated heterocycles. The summed E-state index contributed by atoms with van der Waals surface area (Å²) in [6, 6.07) is 13.1. The topological polar surface area (TPSA) is 60.4 Å². The second-order valence-electron chi connectivity index (χ2n) is 6.65. The van der Waals surface area contributed by atoms with E-state index in [1.807, 2.05) is 13.8 Å². The van der Waals surface area contributed by atoms with Crippen molar-refractivity contribution in [1.82, 2.24) is 0 Å². The molecule has 0 aliphatic heterocycles. The Balaban J connectivity index is 2.20. The van der Waals surface area contributed by atoms with Gasteiger partial charge in [-0.05, 0) is 37.1 Å². The molecule has 0 aromatic heterocycles. The van der Waals surface area contributed by atoms with Crippen LogP contribution in [0.3, 0.4) is 0 Å². The second kappa shape index (κ2) is 10.5. The highest BCUT2D eigenvalue weighted by Gasteiger charge is 2.16. The van der Waals surface area contributed by atoms with Crippen LogP contribution in [0.2, 0.25) is 0 Å². The van der Waals surface area contributed by atoms with E-state index < -0.39 is 8.77 Å². The molecule has 4 nitrogen and oxygen atoms in total. The van der Waals surface area contributed by atoms with Crippen LogP contribution >= 0.6 is 0 Å². The van der Waals surface area contributed by atoms with Crippen LogP contribution in [0.15, 0.2) is 53.4 Å². The lowest BCUT2D eigenvalue weighted by Crippen LogP contribution is -2.10. The van der Waals surface area contributed by atoms with Crippen LogP contribution in [0.4, 0.5) is 0 Å². The maximum Gasteiger partial charge on any atom is 0.215 e. The average Bonchev–Trinajstić information content (AvgIpc) is 2.70. The number of Topliss-reactive ketones (excluding diaryl/α,β-unsaturated/α-hetero) is 2. The highest BCUT2D eigenvalue weighted by molar-refractivity contribution is 8.30. The minimum absolute atomic E-state index is 0.00239. The first-order valence-corrected chi connectivity index (χ1v) is 12.0. The lowest BCUT2D eigenvalue weighted by Gasteiger charge is -2.12. The second-order valence-corrected chi connectivity index (χ2v) is 9.51. The zero-order valence-electron chi connectivity index (χ0n) is 16.3. The third kappa shape index (κ3) is 6.24. The summed E-state index contributed by atoms with van der Waals surface area (Å²) in [6.07, 6.45) is 4.41. The quantitative estimate of drug-likeness (QED) is 0.449. The number of carbonyl (C=O) groups excluding carboxylic acids is 2. The molecule has 0 bridgehead atoms. The van der Waals surface area contributed by atoms with Gasteiger partial charge in [-0.1, -0.05) is 51.0 Å². The third-order valence-corrected chi connectivity index (χ3v) is 6.35. The first-order chi connectivity index (χ1) is 13.4. The Labute approximate surface area is 172 Å². The smallest absolute Gasteiger partial charge is 0.215 e. The molecular weight excluding hydrogens is 392 g/mol. The van der Waals surface area contributed by atoms with E-state index in [-0.39, 0.29) is 22.2 Å². The SMILES string of the molecule is CCCCC(=O)c1cccc(OS(=O)(=S)c2cccc(C(=O)CCCC)c2)c1. The van der Waals surface area contributed by atoms with Gasteiger partial charge in [0.25, 0.3) is 0 Å². The fourth-order valence-electron chi connectivity index (χ4n) is 2.68. The van der Waals surface area contributed by atoms with Gasteiger partial charge >= 0.3 is 0 Å². The van der Waals surface area contributed by atoms with Crippen molar-refractivity contribution in [2.75, 3.05) is 0 Å². The summed E-state index contributed by atoms with van der Waals surface area (Å²) in [5, 5.41) is 0. The largest absolute Gasteiger partial charge is 0.397 e. The number of unbranched alkanes of at least 4 members (excludes halogenated alkanes) is 2. The van der Waals surface area contributed by atoms with E-state index in [1.165, 1.54) is 0 Å². The van der Waals surface area contributed by atoms with Gasteiger partial charge in [-0.2, -0.15) is 0 Å². The van der Waals surface area contributed by atoms with Crippen LogP contribution in [-0.4, -0.2) is 15.8 Å². The van der Waals surface area contributed by atoms with E-state index in [9.17, 15) is 13.8 Å². The maximum atomic E-state index is 13.0. The third-order valence-electron chi connectivity index (χ3n) is 4.32. The molecule has 150 valence electrons. The van der Waals surface area contributed by atoms with E-state index in [1.54, 1.807) is 48.5 Å². The Morgan fingerprint density at radius 3 is 2.00 bits per heavy atom.